The van der Waals surface area contributed by atoms with Gasteiger partial charge in [0.25, 0.3) is 0 Å². The van der Waals surface area contributed by atoms with Crippen molar-refractivity contribution in [1.82, 2.24) is 4.90 Å². The molecule has 0 aromatic heterocycles. The van der Waals surface area contributed by atoms with Crippen LogP contribution in [0.25, 0.3) is 0 Å². The molecule has 3 nitrogen and oxygen atoms in total. The van der Waals surface area contributed by atoms with Crippen molar-refractivity contribution in [2.24, 2.45) is 0 Å². The summed E-state index contributed by atoms with van der Waals surface area (Å²) in [6, 6.07) is 5.04. The first-order valence-electron chi connectivity index (χ1n) is 5.12. The maximum absolute atomic E-state index is 12.3. The van der Waals surface area contributed by atoms with Crippen LogP contribution in [0.4, 0.5) is 23.7 Å². The van der Waals surface area contributed by atoms with Crippen LogP contribution in [-0.4, -0.2) is 24.0 Å². The second-order valence-corrected chi connectivity index (χ2v) is 3.76. The molecule has 17 heavy (non-hydrogen) atoms. The molecule has 1 aromatic rings. The number of urea groups is 1. The second-order valence-electron chi connectivity index (χ2n) is 3.76. The highest BCUT2D eigenvalue weighted by molar-refractivity contribution is 5.89. The van der Waals surface area contributed by atoms with Gasteiger partial charge in [0, 0.05) is 19.2 Å². The molecule has 1 radical (unpaired) electrons. The van der Waals surface area contributed by atoms with E-state index >= 15 is 0 Å². The normalized spacial score (nSPS) is 15.4. The van der Waals surface area contributed by atoms with Crippen molar-refractivity contribution in [3.63, 3.8) is 0 Å². The molecule has 1 N–H and O–H groups in total. The quantitative estimate of drug-likeness (QED) is 0.808. The van der Waals surface area contributed by atoms with Crippen molar-refractivity contribution in [1.29, 1.82) is 0 Å². The van der Waals surface area contributed by atoms with E-state index in [9.17, 15) is 18.0 Å². The average Bonchev–Trinajstić information content (AvgIpc) is 2.13. The summed E-state index contributed by atoms with van der Waals surface area (Å²) >= 11 is 0. The van der Waals surface area contributed by atoms with Gasteiger partial charge >= 0.3 is 12.2 Å². The molecule has 0 atom stereocenters. The van der Waals surface area contributed by atoms with Gasteiger partial charge in [-0.2, -0.15) is 13.2 Å². The molecule has 91 valence electrons. The zero-order valence-electron chi connectivity index (χ0n) is 8.84. The number of amides is 2. The van der Waals surface area contributed by atoms with E-state index in [0.29, 0.717) is 13.1 Å². The minimum atomic E-state index is -4.38. The molecule has 1 aliphatic rings. The standard InChI is InChI=1S/C11H10F3N2O/c12-11(13,14)8-2-4-9(5-3-8)15-10(17)16-6-1-7-16/h2-4H,1,6-7H2,(H,15,17). The van der Waals surface area contributed by atoms with Crippen LogP contribution in [0, 0.1) is 6.07 Å². The third kappa shape index (κ3) is 2.69. The van der Waals surface area contributed by atoms with Crippen molar-refractivity contribution in [2.75, 3.05) is 18.4 Å². The highest BCUT2D eigenvalue weighted by Crippen LogP contribution is 2.29. The summed E-state index contributed by atoms with van der Waals surface area (Å²) in [5, 5.41) is 2.49. The average molecular weight is 243 g/mol. The zero-order valence-corrected chi connectivity index (χ0v) is 8.84. The minimum absolute atomic E-state index is 0.245. The van der Waals surface area contributed by atoms with E-state index in [-0.39, 0.29) is 11.7 Å². The number of halogens is 3. The predicted molar refractivity (Wildman–Crippen MR) is 55.5 cm³/mol. The second kappa shape index (κ2) is 4.27. The molecule has 0 aliphatic carbocycles. The molecule has 6 heteroatoms. The maximum atomic E-state index is 12.3. The van der Waals surface area contributed by atoms with E-state index in [1.165, 1.54) is 6.07 Å². The monoisotopic (exact) mass is 243 g/mol. The zero-order chi connectivity index (χ0) is 12.5. The van der Waals surface area contributed by atoms with Crippen LogP contribution in [0.1, 0.15) is 12.0 Å². The van der Waals surface area contributed by atoms with E-state index in [0.717, 1.165) is 18.6 Å². The lowest BCUT2D eigenvalue weighted by molar-refractivity contribution is -0.137. The molecule has 0 unspecified atom stereocenters. The van der Waals surface area contributed by atoms with Crippen molar-refractivity contribution in [3.05, 3.63) is 29.8 Å². The van der Waals surface area contributed by atoms with Gasteiger partial charge < -0.3 is 10.2 Å². The molecule has 0 saturated carbocycles. The van der Waals surface area contributed by atoms with Crippen LogP contribution in [0.2, 0.25) is 0 Å². The Morgan fingerprint density at radius 3 is 2.47 bits per heavy atom. The van der Waals surface area contributed by atoms with Gasteiger partial charge in [0.2, 0.25) is 0 Å². The van der Waals surface area contributed by atoms with Crippen LogP contribution in [0.5, 0.6) is 0 Å². The SMILES string of the molecule is O=C(Nc1[c]cc(C(F)(F)F)cc1)N1CCC1. The Labute approximate surface area is 96.2 Å². The number of alkyl halides is 3. The number of nitrogens with one attached hydrogen (secondary N) is 1. The number of likely N-dealkylation sites (tertiary alicyclic amines) is 1. The molecule has 1 heterocycles. The largest absolute Gasteiger partial charge is 0.416 e. The van der Waals surface area contributed by atoms with Crippen molar-refractivity contribution in [3.8, 4) is 0 Å². The Kier molecular flexibility index (Phi) is 2.95. The molecule has 1 saturated heterocycles. The van der Waals surface area contributed by atoms with Gasteiger partial charge in [-0.3, -0.25) is 0 Å². The van der Waals surface area contributed by atoms with Crippen LogP contribution < -0.4 is 5.32 Å². The lowest BCUT2D eigenvalue weighted by Gasteiger charge is -2.30. The molecule has 1 fully saturated rings. The Balaban J connectivity index is 2.00. The van der Waals surface area contributed by atoms with E-state index < -0.39 is 11.7 Å². The highest BCUT2D eigenvalue weighted by Gasteiger charge is 2.30. The molecule has 1 aliphatic heterocycles. The summed E-state index contributed by atoms with van der Waals surface area (Å²) in [5.41, 5.74) is -0.533. The van der Waals surface area contributed by atoms with Crippen LogP contribution >= 0.6 is 0 Å². The summed E-state index contributed by atoms with van der Waals surface area (Å²) in [4.78, 5) is 13.0. The first-order valence-corrected chi connectivity index (χ1v) is 5.12. The number of anilines is 1. The van der Waals surface area contributed by atoms with Gasteiger partial charge in [-0.25, -0.2) is 4.79 Å². The highest BCUT2D eigenvalue weighted by atomic mass is 19.4. The lowest BCUT2D eigenvalue weighted by Crippen LogP contribution is -2.44. The molecular formula is C11H10F3N2O. The Morgan fingerprint density at radius 2 is 2.06 bits per heavy atom. The number of nitrogens with zero attached hydrogens (tertiary/aromatic N) is 1. The van der Waals surface area contributed by atoms with Gasteiger partial charge in [-0.05, 0) is 24.6 Å². The number of benzene rings is 1. The number of rotatable bonds is 1. The number of carbonyl (C=O) groups is 1. The molecular weight excluding hydrogens is 233 g/mol. The van der Waals surface area contributed by atoms with Gasteiger partial charge in [0.05, 0.1) is 11.3 Å². The first kappa shape index (κ1) is 11.8. The summed E-state index contributed by atoms with van der Waals surface area (Å²) < 4.78 is 36.8. The van der Waals surface area contributed by atoms with Gasteiger partial charge in [-0.15, -0.1) is 0 Å². The van der Waals surface area contributed by atoms with Crippen molar-refractivity contribution in [2.45, 2.75) is 12.6 Å². The Bertz CT molecular complexity index is 410. The molecule has 0 spiro atoms. The van der Waals surface area contributed by atoms with E-state index in [2.05, 4.69) is 11.4 Å². The van der Waals surface area contributed by atoms with Crippen LogP contribution in [-0.2, 0) is 6.18 Å². The molecule has 2 amide bonds. The number of carbonyl (C=O) groups excluding carboxylic acids is 1. The van der Waals surface area contributed by atoms with Gasteiger partial charge in [0.1, 0.15) is 0 Å². The topological polar surface area (TPSA) is 32.3 Å². The van der Waals surface area contributed by atoms with Crippen molar-refractivity contribution < 1.29 is 18.0 Å². The maximum Gasteiger partial charge on any atom is 0.416 e. The third-order valence-electron chi connectivity index (χ3n) is 2.52. The summed E-state index contributed by atoms with van der Waals surface area (Å²) in [7, 11) is 0. The van der Waals surface area contributed by atoms with Crippen LogP contribution in [0.15, 0.2) is 18.2 Å². The summed E-state index contributed by atoms with van der Waals surface area (Å²) in [5.74, 6) is 0. The fraction of sp³-hybridized carbons (Fsp3) is 0.364. The Hall–Kier alpha value is -1.72. The smallest absolute Gasteiger partial charge is 0.324 e. The summed E-state index contributed by atoms with van der Waals surface area (Å²) in [6.45, 7) is 1.37. The lowest BCUT2D eigenvalue weighted by atomic mass is 10.2. The predicted octanol–water partition coefficient (Wildman–Crippen LogP) is 2.74. The fourth-order valence-corrected chi connectivity index (χ4v) is 1.39. The molecule has 0 bridgehead atoms. The molecule has 1 aromatic carbocycles. The number of hydrogen-bond donors (Lipinski definition) is 1. The van der Waals surface area contributed by atoms with Gasteiger partial charge in [-0.1, -0.05) is 0 Å². The van der Waals surface area contributed by atoms with Crippen LogP contribution in [0.3, 0.4) is 0 Å². The number of hydrogen-bond acceptors (Lipinski definition) is 1. The minimum Gasteiger partial charge on any atom is -0.324 e. The molecule has 2 rings (SSSR count). The van der Waals surface area contributed by atoms with E-state index in [1.807, 2.05) is 0 Å². The fourth-order valence-electron chi connectivity index (χ4n) is 1.39. The third-order valence-corrected chi connectivity index (χ3v) is 2.52. The van der Waals surface area contributed by atoms with E-state index in [4.69, 9.17) is 0 Å². The van der Waals surface area contributed by atoms with Gasteiger partial charge in [0.15, 0.2) is 0 Å². The summed E-state index contributed by atoms with van der Waals surface area (Å²) in [6.07, 6.45) is -3.42. The first-order chi connectivity index (χ1) is 7.97. The van der Waals surface area contributed by atoms with E-state index in [1.54, 1.807) is 4.90 Å². The van der Waals surface area contributed by atoms with Crippen molar-refractivity contribution >= 4 is 11.7 Å². The Morgan fingerprint density at radius 1 is 1.35 bits per heavy atom.